The summed E-state index contributed by atoms with van der Waals surface area (Å²) in [6.45, 7) is 0.901. The van der Waals surface area contributed by atoms with E-state index in [2.05, 4.69) is 15.9 Å². The van der Waals surface area contributed by atoms with E-state index in [1.54, 1.807) is 6.08 Å². The minimum Gasteiger partial charge on any atom is -0.488 e. The molecule has 0 saturated heterocycles. The average Bonchev–Trinajstić information content (AvgIpc) is 2.20. The third-order valence-electron chi connectivity index (χ3n) is 1.68. The second-order valence-electron chi connectivity index (χ2n) is 2.60. The predicted molar refractivity (Wildman–Crippen MR) is 62.5 cm³/mol. The third kappa shape index (κ3) is 3.01. The third-order valence-corrected chi connectivity index (χ3v) is 2.48. The summed E-state index contributed by atoms with van der Waals surface area (Å²) >= 11 is 8.79. The van der Waals surface area contributed by atoms with Crippen LogP contribution in [-0.4, -0.2) is 6.61 Å². The molecule has 0 aliphatic rings. The Labute approximate surface area is 96.8 Å². The first kappa shape index (κ1) is 11.6. The molecule has 0 radical (unpaired) electrons. The normalized spacial score (nSPS) is 10.8. The number of hydrogen-bond donors (Lipinski definition) is 1. The van der Waals surface area contributed by atoms with Gasteiger partial charge in [-0.25, -0.2) is 0 Å². The van der Waals surface area contributed by atoms with Crippen LogP contribution in [0.4, 0.5) is 0 Å². The number of rotatable bonds is 4. The van der Waals surface area contributed by atoms with Crippen molar-refractivity contribution in [1.82, 2.24) is 0 Å². The van der Waals surface area contributed by atoms with Crippen molar-refractivity contribution in [3.63, 3.8) is 0 Å². The topological polar surface area (TPSA) is 35.2 Å². The van der Waals surface area contributed by atoms with E-state index >= 15 is 0 Å². The van der Waals surface area contributed by atoms with Crippen LogP contribution in [-0.2, 0) is 6.54 Å². The minimum atomic E-state index is 0.444. The van der Waals surface area contributed by atoms with E-state index in [-0.39, 0.29) is 0 Å². The van der Waals surface area contributed by atoms with Gasteiger partial charge in [-0.1, -0.05) is 23.7 Å². The molecular weight excluding hydrogens is 265 g/mol. The highest BCUT2D eigenvalue weighted by atomic mass is 79.9. The zero-order chi connectivity index (χ0) is 10.4. The van der Waals surface area contributed by atoms with Crippen LogP contribution < -0.4 is 10.5 Å². The van der Waals surface area contributed by atoms with Gasteiger partial charge in [-0.15, -0.1) is 0 Å². The quantitative estimate of drug-likeness (QED) is 0.917. The average molecular weight is 277 g/mol. The summed E-state index contributed by atoms with van der Waals surface area (Å²) in [5.41, 5.74) is 7.98. The van der Waals surface area contributed by atoms with E-state index in [1.807, 2.05) is 18.2 Å². The van der Waals surface area contributed by atoms with E-state index in [1.165, 1.54) is 5.54 Å². The van der Waals surface area contributed by atoms with Gasteiger partial charge in [-0.2, -0.15) is 0 Å². The van der Waals surface area contributed by atoms with Gasteiger partial charge in [0.25, 0.3) is 0 Å². The van der Waals surface area contributed by atoms with Gasteiger partial charge in [0.1, 0.15) is 12.4 Å². The van der Waals surface area contributed by atoms with Crippen LogP contribution in [0.1, 0.15) is 5.56 Å². The van der Waals surface area contributed by atoms with Gasteiger partial charge in [0.15, 0.2) is 0 Å². The monoisotopic (exact) mass is 275 g/mol. The first-order valence-electron chi connectivity index (χ1n) is 4.15. The second-order valence-corrected chi connectivity index (χ2v) is 3.71. The lowest BCUT2D eigenvalue weighted by atomic mass is 10.2. The van der Waals surface area contributed by atoms with Gasteiger partial charge < -0.3 is 10.5 Å². The van der Waals surface area contributed by atoms with Gasteiger partial charge in [0.2, 0.25) is 0 Å². The van der Waals surface area contributed by atoms with Gasteiger partial charge in [0, 0.05) is 17.6 Å². The maximum atomic E-state index is 5.58. The van der Waals surface area contributed by atoms with Crippen LogP contribution in [0, 0.1) is 0 Å². The van der Waals surface area contributed by atoms with Crippen molar-refractivity contribution in [2.45, 2.75) is 6.54 Å². The molecule has 0 aliphatic heterocycles. The van der Waals surface area contributed by atoms with Gasteiger partial charge >= 0.3 is 0 Å². The molecule has 0 spiro atoms. The Kier molecular flexibility index (Phi) is 5.01. The van der Waals surface area contributed by atoms with Gasteiger partial charge in [-0.3, -0.25) is 0 Å². The molecule has 0 atom stereocenters. The molecule has 4 heteroatoms. The SMILES string of the molecule is NCc1cccc(Br)c1OC/C=C/Cl. The van der Waals surface area contributed by atoms with E-state index in [4.69, 9.17) is 22.1 Å². The lowest BCUT2D eigenvalue weighted by Crippen LogP contribution is -2.02. The Bertz CT molecular complexity index is 328. The maximum Gasteiger partial charge on any atom is 0.138 e. The van der Waals surface area contributed by atoms with Crippen molar-refractivity contribution in [2.24, 2.45) is 5.73 Å². The maximum absolute atomic E-state index is 5.58. The summed E-state index contributed by atoms with van der Waals surface area (Å²) in [4.78, 5) is 0. The van der Waals surface area contributed by atoms with Gasteiger partial charge in [0.05, 0.1) is 4.47 Å². The van der Waals surface area contributed by atoms with Crippen LogP contribution in [0.5, 0.6) is 5.75 Å². The number of nitrogens with two attached hydrogens (primary N) is 1. The largest absolute Gasteiger partial charge is 0.488 e. The number of halogens is 2. The van der Waals surface area contributed by atoms with E-state index < -0.39 is 0 Å². The summed E-state index contributed by atoms with van der Waals surface area (Å²) in [5.74, 6) is 0.782. The standard InChI is InChI=1S/C10H11BrClNO/c11-9-4-1-3-8(7-13)10(9)14-6-2-5-12/h1-5H,6-7,13H2/b5-2+. The molecule has 0 bridgehead atoms. The van der Waals surface area contributed by atoms with Crippen molar-refractivity contribution < 1.29 is 4.74 Å². The molecule has 1 aromatic rings. The summed E-state index contributed by atoms with van der Waals surface area (Å²) < 4.78 is 6.41. The molecule has 0 saturated carbocycles. The Morgan fingerprint density at radius 1 is 1.50 bits per heavy atom. The van der Waals surface area contributed by atoms with Crippen LogP contribution >= 0.6 is 27.5 Å². The van der Waals surface area contributed by atoms with Crippen molar-refractivity contribution in [1.29, 1.82) is 0 Å². The highest BCUT2D eigenvalue weighted by Crippen LogP contribution is 2.28. The zero-order valence-electron chi connectivity index (χ0n) is 7.54. The fraction of sp³-hybridized carbons (Fsp3) is 0.200. The fourth-order valence-electron chi connectivity index (χ4n) is 1.04. The van der Waals surface area contributed by atoms with Crippen molar-refractivity contribution in [2.75, 3.05) is 6.61 Å². The molecule has 76 valence electrons. The second kappa shape index (κ2) is 6.06. The first-order valence-corrected chi connectivity index (χ1v) is 5.38. The predicted octanol–water partition coefficient (Wildman–Crippen LogP) is 3.04. The van der Waals surface area contributed by atoms with Crippen LogP contribution in [0.2, 0.25) is 0 Å². The fourth-order valence-corrected chi connectivity index (χ4v) is 1.64. The van der Waals surface area contributed by atoms with Crippen LogP contribution in [0.3, 0.4) is 0 Å². The Morgan fingerprint density at radius 2 is 2.29 bits per heavy atom. The Hall–Kier alpha value is -0.510. The highest BCUT2D eigenvalue weighted by Gasteiger charge is 2.05. The van der Waals surface area contributed by atoms with Crippen LogP contribution in [0.15, 0.2) is 34.3 Å². The molecule has 0 fully saturated rings. The molecule has 14 heavy (non-hydrogen) atoms. The van der Waals surface area contributed by atoms with Gasteiger partial charge in [-0.05, 0) is 28.1 Å². The number of benzene rings is 1. The highest BCUT2D eigenvalue weighted by molar-refractivity contribution is 9.10. The molecule has 0 unspecified atom stereocenters. The van der Waals surface area contributed by atoms with E-state index in [0.29, 0.717) is 13.2 Å². The van der Waals surface area contributed by atoms with Crippen molar-refractivity contribution >= 4 is 27.5 Å². The molecule has 0 heterocycles. The van der Waals surface area contributed by atoms with Crippen molar-refractivity contribution in [3.05, 3.63) is 39.8 Å². The van der Waals surface area contributed by atoms with E-state index in [9.17, 15) is 0 Å². The molecule has 1 aromatic carbocycles. The molecule has 2 nitrogen and oxygen atoms in total. The summed E-state index contributed by atoms with van der Waals surface area (Å²) in [7, 11) is 0. The summed E-state index contributed by atoms with van der Waals surface area (Å²) in [6.07, 6.45) is 1.72. The zero-order valence-corrected chi connectivity index (χ0v) is 9.88. The number of para-hydroxylation sites is 1. The molecule has 1 rings (SSSR count). The molecule has 0 aromatic heterocycles. The first-order chi connectivity index (χ1) is 6.79. The lowest BCUT2D eigenvalue weighted by Gasteiger charge is -2.10. The smallest absolute Gasteiger partial charge is 0.138 e. The number of ether oxygens (including phenoxy) is 1. The Balaban J connectivity index is 2.82. The molecule has 0 amide bonds. The van der Waals surface area contributed by atoms with Crippen molar-refractivity contribution in [3.8, 4) is 5.75 Å². The Morgan fingerprint density at radius 3 is 2.93 bits per heavy atom. The van der Waals surface area contributed by atoms with Crippen LogP contribution in [0.25, 0.3) is 0 Å². The minimum absolute atomic E-state index is 0.444. The van der Waals surface area contributed by atoms with E-state index in [0.717, 1.165) is 15.8 Å². The molecular formula is C10H11BrClNO. The molecule has 0 aliphatic carbocycles. The number of hydrogen-bond acceptors (Lipinski definition) is 2. The lowest BCUT2D eigenvalue weighted by molar-refractivity contribution is 0.357. The summed E-state index contributed by atoms with van der Waals surface area (Å²) in [6, 6.07) is 5.78. The molecule has 2 N–H and O–H groups in total. The summed E-state index contributed by atoms with van der Waals surface area (Å²) in [5, 5.41) is 0.